The average molecular weight is 463 g/mol. The van der Waals surface area contributed by atoms with E-state index in [-0.39, 0.29) is 35.2 Å². The van der Waals surface area contributed by atoms with Crippen LogP contribution in [-0.4, -0.2) is 63.2 Å². The Morgan fingerprint density at radius 2 is 2.14 bits per heavy atom. The number of alkyl halides is 1. The quantitative estimate of drug-likeness (QED) is 0.594. The molecule has 3 fully saturated rings. The van der Waals surface area contributed by atoms with E-state index in [9.17, 15) is 15.0 Å². The molecule has 2 aliphatic heterocycles. The molecular formula is C22H27BrN2O4. The maximum atomic E-state index is 12.3. The van der Waals surface area contributed by atoms with Gasteiger partial charge in [0, 0.05) is 18.2 Å². The standard InChI is InChI=1S/C22H27BrN2O4/c23-10-17(27)24-14-5-6-22(28)16-9-13-3-4-15(26)19-18(13)21(22,20(14)29-19)7-8-25(16)11-12-1-2-12/h3-4,12,14,16,20,26,28H,1-2,5-11H2,(H,24,27)/t14-,16-,20+,21-,22+/m1/s1. The fourth-order valence-electron chi connectivity index (χ4n) is 6.87. The third-order valence-corrected chi connectivity index (χ3v) is 8.74. The summed E-state index contributed by atoms with van der Waals surface area (Å²) in [6.45, 7) is 2.00. The number of aromatic hydroxyl groups is 1. The predicted molar refractivity (Wildman–Crippen MR) is 111 cm³/mol. The van der Waals surface area contributed by atoms with Crippen LogP contribution in [0.4, 0.5) is 0 Å². The van der Waals surface area contributed by atoms with Crippen molar-refractivity contribution in [3.05, 3.63) is 23.3 Å². The highest BCUT2D eigenvalue weighted by Gasteiger charge is 2.73. The summed E-state index contributed by atoms with van der Waals surface area (Å²) in [5.74, 6) is 1.37. The highest BCUT2D eigenvalue weighted by Crippen LogP contribution is 2.65. The minimum absolute atomic E-state index is 0.0683. The van der Waals surface area contributed by atoms with Gasteiger partial charge in [-0.2, -0.15) is 0 Å². The number of carbonyl (C=O) groups is 1. The van der Waals surface area contributed by atoms with E-state index in [1.54, 1.807) is 6.07 Å². The molecule has 2 heterocycles. The number of nitrogens with one attached hydrogen (secondary N) is 1. The van der Waals surface area contributed by atoms with Crippen molar-refractivity contribution in [1.82, 2.24) is 10.2 Å². The summed E-state index contributed by atoms with van der Waals surface area (Å²) in [4.78, 5) is 14.7. The van der Waals surface area contributed by atoms with Gasteiger partial charge in [-0.1, -0.05) is 22.0 Å². The molecule has 0 radical (unpaired) electrons. The number of carbonyl (C=O) groups excluding carboxylic acids is 1. The van der Waals surface area contributed by atoms with Gasteiger partial charge < -0.3 is 20.3 Å². The van der Waals surface area contributed by atoms with Gasteiger partial charge >= 0.3 is 0 Å². The van der Waals surface area contributed by atoms with Crippen LogP contribution >= 0.6 is 15.9 Å². The number of hydrogen-bond donors (Lipinski definition) is 3. The highest BCUT2D eigenvalue weighted by atomic mass is 79.9. The van der Waals surface area contributed by atoms with Gasteiger partial charge in [0.1, 0.15) is 6.10 Å². The van der Waals surface area contributed by atoms with Crippen LogP contribution in [0.25, 0.3) is 0 Å². The Bertz CT molecular complexity index is 890. The Hall–Kier alpha value is -1.31. The summed E-state index contributed by atoms with van der Waals surface area (Å²) in [5, 5.41) is 26.2. The summed E-state index contributed by atoms with van der Waals surface area (Å²) in [6.07, 6.45) is 5.16. The summed E-state index contributed by atoms with van der Waals surface area (Å²) >= 11 is 3.24. The average Bonchev–Trinajstić information content (AvgIpc) is 3.44. The number of ether oxygens (including phenoxy) is 1. The van der Waals surface area contributed by atoms with Crippen molar-refractivity contribution >= 4 is 21.8 Å². The minimum Gasteiger partial charge on any atom is -0.504 e. The molecule has 5 atom stereocenters. The third kappa shape index (κ3) is 2.32. The number of hydrogen-bond acceptors (Lipinski definition) is 5. The van der Waals surface area contributed by atoms with Gasteiger partial charge in [0.25, 0.3) is 0 Å². The molecular weight excluding hydrogens is 436 g/mol. The second-order valence-corrected chi connectivity index (χ2v) is 10.2. The number of nitrogens with zero attached hydrogens (tertiary/aromatic N) is 1. The van der Waals surface area contributed by atoms with Crippen molar-refractivity contribution in [1.29, 1.82) is 0 Å². The summed E-state index contributed by atoms with van der Waals surface area (Å²) < 4.78 is 6.40. The number of likely N-dealkylation sites (tertiary alicyclic amines) is 1. The molecule has 1 aromatic rings. The van der Waals surface area contributed by atoms with Crippen molar-refractivity contribution < 1.29 is 19.7 Å². The third-order valence-electron chi connectivity index (χ3n) is 8.23. The molecule has 2 bridgehead atoms. The highest BCUT2D eigenvalue weighted by molar-refractivity contribution is 9.09. The lowest BCUT2D eigenvalue weighted by atomic mass is 9.48. The van der Waals surface area contributed by atoms with Crippen LogP contribution in [0.2, 0.25) is 0 Å². The predicted octanol–water partition coefficient (Wildman–Crippen LogP) is 1.84. The van der Waals surface area contributed by atoms with E-state index in [4.69, 9.17) is 4.74 Å². The van der Waals surface area contributed by atoms with Gasteiger partial charge in [0.05, 0.1) is 22.4 Å². The first-order valence-corrected chi connectivity index (χ1v) is 11.9. The summed E-state index contributed by atoms with van der Waals surface area (Å²) in [7, 11) is 0. The zero-order chi connectivity index (χ0) is 20.0. The van der Waals surface area contributed by atoms with Crippen molar-refractivity contribution in [3.8, 4) is 11.5 Å². The number of rotatable bonds is 4. The molecule has 1 amide bonds. The molecule has 156 valence electrons. The summed E-state index contributed by atoms with van der Waals surface area (Å²) in [6, 6.07) is 3.63. The normalized spacial score (nSPS) is 39.6. The first-order valence-electron chi connectivity index (χ1n) is 10.8. The van der Waals surface area contributed by atoms with Crippen LogP contribution < -0.4 is 10.1 Å². The topological polar surface area (TPSA) is 82.0 Å². The minimum atomic E-state index is -0.896. The Morgan fingerprint density at radius 3 is 2.90 bits per heavy atom. The molecule has 6 nitrogen and oxygen atoms in total. The van der Waals surface area contributed by atoms with Gasteiger partial charge in [-0.25, -0.2) is 0 Å². The lowest BCUT2D eigenvalue weighted by molar-refractivity contribution is -0.192. The Kier molecular flexibility index (Phi) is 3.89. The van der Waals surface area contributed by atoms with Crippen molar-refractivity contribution in [2.75, 3.05) is 18.4 Å². The molecule has 5 aliphatic rings. The number of piperidine rings is 1. The van der Waals surface area contributed by atoms with Crippen LogP contribution in [0.3, 0.4) is 0 Å². The van der Waals surface area contributed by atoms with Crippen LogP contribution in [0, 0.1) is 5.92 Å². The van der Waals surface area contributed by atoms with Gasteiger partial charge in [-0.3, -0.25) is 9.69 Å². The molecule has 29 heavy (non-hydrogen) atoms. The number of amides is 1. The van der Waals surface area contributed by atoms with E-state index in [1.807, 2.05) is 6.07 Å². The fourth-order valence-corrected chi connectivity index (χ4v) is 7.04. The lowest BCUT2D eigenvalue weighted by Crippen LogP contribution is -2.78. The van der Waals surface area contributed by atoms with Crippen LogP contribution in [0.15, 0.2) is 12.1 Å². The maximum Gasteiger partial charge on any atom is 0.230 e. The Morgan fingerprint density at radius 1 is 1.31 bits per heavy atom. The largest absolute Gasteiger partial charge is 0.504 e. The Balaban J connectivity index is 1.49. The van der Waals surface area contributed by atoms with E-state index in [1.165, 1.54) is 18.4 Å². The molecule has 0 unspecified atom stereocenters. The van der Waals surface area contributed by atoms with Gasteiger partial charge in [-0.05, 0) is 62.6 Å². The van der Waals surface area contributed by atoms with E-state index in [0.29, 0.717) is 18.6 Å². The second-order valence-electron chi connectivity index (χ2n) is 9.64. The van der Waals surface area contributed by atoms with Crippen molar-refractivity contribution in [2.24, 2.45) is 5.92 Å². The number of phenols is 1. The fraction of sp³-hybridized carbons (Fsp3) is 0.682. The molecule has 1 spiro atoms. The zero-order valence-corrected chi connectivity index (χ0v) is 18.0. The van der Waals surface area contributed by atoms with Crippen LogP contribution in [0.5, 0.6) is 11.5 Å². The van der Waals surface area contributed by atoms with Crippen LogP contribution in [0.1, 0.15) is 43.2 Å². The Labute approximate surface area is 178 Å². The van der Waals surface area contributed by atoms with Gasteiger partial charge in [-0.15, -0.1) is 0 Å². The second kappa shape index (κ2) is 6.11. The number of aliphatic hydroxyl groups is 1. The van der Waals surface area contributed by atoms with E-state index < -0.39 is 11.0 Å². The SMILES string of the molecule is O=C(CBr)N[C@@H]1CC[C@]2(O)[C@H]3Cc4ccc(O)c5c4[C@]2(CCN3CC2CC2)[C@H]1O5. The van der Waals surface area contributed by atoms with Crippen LogP contribution in [-0.2, 0) is 16.6 Å². The van der Waals surface area contributed by atoms with Crippen molar-refractivity contribution in [3.63, 3.8) is 0 Å². The van der Waals surface area contributed by atoms with Gasteiger partial charge in [0.15, 0.2) is 11.5 Å². The maximum absolute atomic E-state index is 12.3. The smallest absolute Gasteiger partial charge is 0.230 e. The lowest BCUT2D eigenvalue weighted by Gasteiger charge is -2.64. The first kappa shape index (κ1) is 18.5. The molecule has 1 aromatic carbocycles. The van der Waals surface area contributed by atoms with E-state index >= 15 is 0 Å². The zero-order valence-electron chi connectivity index (χ0n) is 16.4. The molecule has 0 aromatic heterocycles. The molecule has 2 saturated carbocycles. The monoisotopic (exact) mass is 462 g/mol. The van der Waals surface area contributed by atoms with Crippen molar-refractivity contribution in [2.45, 2.75) is 67.7 Å². The first-order chi connectivity index (χ1) is 14.0. The number of benzene rings is 1. The molecule has 3 N–H and O–H groups in total. The summed E-state index contributed by atoms with van der Waals surface area (Å²) in [5.41, 5.74) is 0.724. The molecule has 7 heteroatoms. The van der Waals surface area contributed by atoms with E-state index in [2.05, 4.69) is 26.1 Å². The molecule has 1 saturated heterocycles. The molecule has 3 aliphatic carbocycles. The number of halogens is 1. The van der Waals surface area contributed by atoms with E-state index in [0.717, 1.165) is 37.4 Å². The number of phenolic OH excluding ortho intramolecular Hbond substituents is 1. The molecule has 6 rings (SSSR count). The van der Waals surface area contributed by atoms with Gasteiger partial charge in [0.2, 0.25) is 5.91 Å².